The van der Waals surface area contributed by atoms with Crippen LogP contribution in [0.2, 0.25) is 0 Å². The largest absolute Gasteiger partial charge is 0.396 e. The van der Waals surface area contributed by atoms with Crippen LogP contribution in [0.5, 0.6) is 0 Å². The third-order valence-corrected chi connectivity index (χ3v) is 6.99. The molecular formula is C21H31ClO9S2. The van der Waals surface area contributed by atoms with E-state index in [2.05, 4.69) is 4.18 Å². The van der Waals surface area contributed by atoms with Gasteiger partial charge in [-0.1, -0.05) is 35.4 Å². The van der Waals surface area contributed by atoms with Gasteiger partial charge in [-0.25, -0.2) is 8.42 Å². The summed E-state index contributed by atoms with van der Waals surface area (Å²) < 4.78 is 48.7. The lowest BCUT2D eigenvalue weighted by molar-refractivity contribution is -0.0328. The first kappa shape index (κ1) is 31.4. The molecule has 0 aliphatic rings. The third-order valence-electron chi connectivity index (χ3n) is 4.23. The van der Waals surface area contributed by atoms with E-state index in [0.717, 1.165) is 11.1 Å². The molecule has 0 unspecified atom stereocenters. The summed E-state index contributed by atoms with van der Waals surface area (Å²) in [6, 6.07) is 12.9. The minimum Gasteiger partial charge on any atom is -0.396 e. The summed E-state index contributed by atoms with van der Waals surface area (Å²) in [7, 11) is -1.99. The number of rotatable bonds is 8. The van der Waals surface area contributed by atoms with Crippen LogP contribution in [0.4, 0.5) is 0 Å². The Morgan fingerprint density at radius 1 is 0.727 bits per heavy atom. The lowest BCUT2D eigenvalue weighted by atomic mass is 9.93. The Morgan fingerprint density at radius 2 is 1.06 bits per heavy atom. The van der Waals surface area contributed by atoms with Gasteiger partial charge in [0.1, 0.15) is 0 Å². The maximum atomic E-state index is 11.3. The fraction of sp³-hybridized carbons (Fsp3) is 0.429. The van der Waals surface area contributed by atoms with E-state index in [0.29, 0.717) is 0 Å². The van der Waals surface area contributed by atoms with Crippen LogP contribution in [0.15, 0.2) is 58.3 Å². The summed E-state index contributed by atoms with van der Waals surface area (Å²) in [6.07, 6.45) is 0. The van der Waals surface area contributed by atoms with Crippen molar-refractivity contribution < 1.29 is 41.4 Å². The van der Waals surface area contributed by atoms with E-state index in [1.54, 1.807) is 43.3 Å². The van der Waals surface area contributed by atoms with Gasteiger partial charge in [0, 0.05) is 10.7 Å². The maximum Gasteiger partial charge on any atom is 0.296 e. The van der Waals surface area contributed by atoms with E-state index in [1.807, 2.05) is 13.8 Å². The highest BCUT2D eigenvalue weighted by atomic mass is 35.7. The van der Waals surface area contributed by atoms with E-state index in [9.17, 15) is 16.8 Å². The minimum atomic E-state index is -3.55. The molecule has 4 N–H and O–H groups in total. The zero-order valence-corrected chi connectivity index (χ0v) is 21.1. The molecule has 0 saturated carbocycles. The number of hydrogen-bond acceptors (Lipinski definition) is 9. The fourth-order valence-electron chi connectivity index (χ4n) is 1.93. The Kier molecular flexibility index (Phi) is 13.9. The van der Waals surface area contributed by atoms with Crippen LogP contribution in [-0.4, -0.2) is 70.3 Å². The number of halogens is 1. The van der Waals surface area contributed by atoms with Gasteiger partial charge in [-0.05, 0) is 45.0 Å². The number of benzene rings is 2. The molecule has 0 bridgehead atoms. The molecule has 12 heteroatoms. The first-order valence-corrected chi connectivity index (χ1v) is 13.4. The summed E-state index contributed by atoms with van der Waals surface area (Å²) in [5.41, 5.74) is 0.921. The first-order valence-electron chi connectivity index (χ1n) is 9.71. The van der Waals surface area contributed by atoms with Gasteiger partial charge in [-0.3, -0.25) is 4.18 Å². The summed E-state index contributed by atoms with van der Waals surface area (Å²) in [5.74, 6) is 0. The Bertz CT molecular complexity index is 999. The maximum absolute atomic E-state index is 11.3. The second-order valence-electron chi connectivity index (χ2n) is 7.06. The van der Waals surface area contributed by atoms with Crippen LogP contribution in [-0.2, 0) is 23.4 Å². The molecule has 0 atom stereocenters. The first-order chi connectivity index (χ1) is 15.3. The zero-order valence-electron chi connectivity index (χ0n) is 18.7. The molecule has 2 rings (SSSR count). The van der Waals surface area contributed by atoms with Gasteiger partial charge in [0.2, 0.25) is 0 Å². The van der Waals surface area contributed by atoms with Crippen molar-refractivity contribution in [2.24, 2.45) is 5.41 Å². The van der Waals surface area contributed by atoms with Crippen LogP contribution < -0.4 is 0 Å². The highest BCUT2D eigenvalue weighted by Crippen LogP contribution is 2.15. The minimum absolute atomic E-state index is 0.143. The van der Waals surface area contributed by atoms with Gasteiger partial charge >= 0.3 is 0 Å². The van der Waals surface area contributed by atoms with Crippen LogP contribution in [0.1, 0.15) is 18.1 Å². The van der Waals surface area contributed by atoms with Crippen LogP contribution in [0, 0.1) is 19.3 Å². The molecule has 0 aliphatic heterocycles. The molecular weight excluding hydrogens is 496 g/mol. The van der Waals surface area contributed by atoms with Crippen molar-refractivity contribution in [2.75, 3.05) is 33.0 Å². The number of aliphatic hydroxyl groups is 4. The van der Waals surface area contributed by atoms with Crippen molar-refractivity contribution in [2.45, 2.75) is 30.6 Å². The summed E-state index contributed by atoms with van der Waals surface area (Å²) >= 11 is 0. The third kappa shape index (κ3) is 11.4. The van der Waals surface area contributed by atoms with Crippen LogP contribution in [0.25, 0.3) is 0 Å². The predicted molar refractivity (Wildman–Crippen MR) is 125 cm³/mol. The molecule has 2 aromatic carbocycles. The SMILES string of the molecule is CCOS(=O)(=O)c1ccc(C)cc1.Cc1ccc(S(=O)(=O)Cl)cc1.OCC(CO)(CO)CO. The molecule has 2 aromatic rings. The van der Waals surface area contributed by atoms with Crippen molar-refractivity contribution in [3.63, 3.8) is 0 Å². The van der Waals surface area contributed by atoms with Crippen molar-refractivity contribution in [1.82, 2.24) is 0 Å². The second kappa shape index (κ2) is 14.6. The van der Waals surface area contributed by atoms with E-state index < -0.39 is 51.0 Å². The predicted octanol–water partition coefficient (Wildman–Crippen LogP) is 1.58. The van der Waals surface area contributed by atoms with E-state index >= 15 is 0 Å². The van der Waals surface area contributed by atoms with Crippen molar-refractivity contribution in [3.05, 3.63) is 59.7 Å². The molecule has 0 aliphatic carbocycles. The molecule has 0 spiro atoms. The molecule has 0 aromatic heterocycles. The van der Waals surface area contributed by atoms with Crippen molar-refractivity contribution in [1.29, 1.82) is 0 Å². The number of hydrogen-bond donors (Lipinski definition) is 4. The molecule has 188 valence electrons. The smallest absolute Gasteiger partial charge is 0.296 e. The zero-order chi connectivity index (χ0) is 25.7. The normalized spacial score (nSPS) is 11.6. The van der Waals surface area contributed by atoms with Crippen LogP contribution >= 0.6 is 10.7 Å². The highest BCUT2D eigenvalue weighted by Gasteiger charge is 2.26. The Morgan fingerprint density at radius 3 is 1.30 bits per heavy atom. The fourth-order valence-corrected chi connectivity index (χ4v) is 3.61. The number of aryl methyl sites for hydroxylation is 2. The molecule has 9 nitrogen and oxygen atoms in total. The Balaban J connectivity index is 0.000000475. The monoisotopic (exact) mass is 526 g/mol. The standard InChI is InChI=1S/C9H12O3S.C7H7ClO2S.C5H12O4/c1-3-12-13(10,11)9-6-4-8(2)5-7-9;1-6-2-4-7(5-3-6)11(8,9)10;6-1-5(2-7,3-8)4-9/h4-7H,3H2,1-2H3;2-5H,1H3;6-9H,1-4H2. The van der Waals surface area contributed by atoms with Gasteiger partial charge in [0.25, 0.3) is 19.2 Å². The van der Waals surface area contributed by atoms with E-state index in [4.69, 9.17) is 31.1 Å². The molecule has 0 amide bonds. The van der Waals surface area contributed by atoms with Crippen molar-refractivity contribution in [3.8, 4) is 0 Å². The molecule has 0 fully saturated rings. The number of aliphatic hydroxyl groups excluding tert-OH is 4. The average molecular weight is 527 g/mol. The Hall–Kier alpha value is -1.57. The lowest BCUT2D eigenvalue weighted by Gasteiger charge is -2.23. The average Bonchev–Trinajstić information content (AvgIpc) is 2.77. The van der Waals surface area contributed by atoms with E-state index in [1.165, 1.54) is 12.1 Å². The summed E-state index contributed by atoms with van der Waals surface area (Å²) in [6.45, 7) is 3.96. The van der Waals surface area contributed by atoms with Gasteiger partial charge in [-0.2, -0.15) is 8.42 Å². The Labute approximate surface area is 199 Å². The lowest BCUT2D eigenvalue weighted by Crippen LogP contribution is -2.37. The molecule has 0 heterocycles. The van der Waals surface area contributed by atoms with Gasteiger partial charge in [-0.15, -0.1) is 0 Å². The quantitative estimate of drug-likeness (QED) is 0.296. The molecule has 0 saturated heterocycles. The second-order valence-corrected chi connectivity index (χ2v) is 11.2. The summed E-state index contributed by atoms with van der Waals surface area (Å²) in [4.78, 5) is 0.352. The van der Waals surface area contributed by atoms with Gasteiger partial charge in [0.15, 0.2) is 0 Å². The topological polar surface area (TPSA) is 158 Å². The highest BCUT2D eigenvalue weighted by molar-refractivity contribution is 8.13. The van der Waals surface area contributed by atoms with Crippen LogP contribution in [0.3, 0.4) is 0 Å². The van der Waals surface area contributed by atoms with Gasteiger partial charge in [0.05, 0.1) is 48.2 Å². The summed E-state index contributed by atoms with van der Waals surface area (Å²) in [5, 5.41) is 34.0. The van der Waals surface area contributed by atoms with Gasteiger partial charge < -0.3 is 20.4 Å². The molecule has 33 heavy (non-hydrogen) atoms. The van der Waals surface area contributed by atoms with Crippen molar-refractivity contribution >= 4 is 29.9 Å². The molecule has 0 radical (unpaired) electrons. The van der Waals surface area contributed by atoms with E-state index in [-0.39, 0.29) is 16.4 Å².